The predicted octanol–water partition coefficient (Wildman–Crippen LogP) is 6.04. The molecule has 1 unspecified atom stereocenters. The summed E-state index contributed by atoms with van der Waals surface area (Å²) in [6.45, 7) is 0. The van der Waals surface area contributed by atoms with Crippen molar-refractivity contribution in [1.82, 2.24) is 0 Å². The minimum Gasteiger partial charge on any atom is -0.205 e. The Morgan fingerprint density at radius 3 is 2.50 bits per heavy atom. The molecule has 1 atom stereocenters. The van der Waals surface area contributed by atoms with Crippen LogP contribution in [0.25, 0.3) is 0 Å². The van der Waals surface area contributed by atoms with E-state index >= 15 is 0 Å². The molecule has 0 aliphatic heterocycles. The van der Waals surface area contributed by atoms with Crippen molar-refractivity contribution in [2.45, 2.75) is 12.8 Å². The third-order valence-corrected chi connectivity index (χ3v) is 5.17. The van der Waals surface area contributed by atoms with Gasteiger partial charge in [0.1, 0.15) is 5.82 Å². The molecule has 0 bridgehead atoms. The fourth-order valence-electron chi connectivity index (χ4n) is 2.16. The number of rotatable bonds is 5. The van der Waals surface area contributed by atoms with E-state index in [4.69, 9.17) is 11.6 Å². The van der Waals surface area contributed by atoms with Gasteiger partial charge in [-0.3, -0.25) is 0 Å². The summed E-state index contributed by atoms with van der Waals surface area (Å²) in [7, 11) is 0. The minimum atomic E-state index is -0.364. The van der Waals surface area contributed by atoms with Gasteiger partial charge < -0.3 is 0 Å². The number of alkyl halides is 1. The molecule has 0 saturated carbocycles. The Labute approximate surface area is 140 Å². The van der Waals surface area contributed by atoms with Crippen LogP contribution < -0.4 is 0 Å². The van der Waals surface area contributed by atoms with Gasteiger partial charge in [0.15, 0.2) is 0 Å². The number of benzene rings is 2. The largest absolute Gasteiger partial charge is 0.205 e. The van der Waals surface area contributed by atoms with E-state index in [1.165, 1.54) is 11.6 Å². The molecular weight excluding hydrogens is 406 g/mol. The first-order valence-electron chi connectivity index (χ1n) is 6.33. The third kappa shape index (κ3) is 4.31. The second-order valence-corrected chi connectivity index (χ2v) is 6.68. The average Bonchev–Trinajstić information content (AvgIpc) is 2.44. The minimum absolute atomic E-state index is 0.191. The first kappa shape index (κ1) is 16.0. The molecule has 0 heterocycles. The van der Waals surface area contributed by atoms with Crippen molar-refractivity contribution < 1.29 is 4.39 Å². The van der Waals surface area contributed by atoms with Crippen molar-refractivity contribution in [2.24, 2.45) is 5.92 Å². The lowest BCUT2D eigenvalue weighted by molar-refractivity contribution is 0.586. The average molecular weight is 421 g/mol. The monoisotopic (exact) mass is 418 g/mol. The van der Waals surface area contributed by atoms with E-state index in [1.54, 1.807) is 12.1 Å². The normalized spacial score (nSPS) is 12.4. The van der Waals surface area contributed by atoms with Crippen molar-refractivity contribution in [2.75, 3.05) is 5.33 Å². The Bertz CT molecular complexity index is 586. The van der Waals surface area contributed by atoms with Gasteiger partial charge in [0, 0.05) is 9.80 Å². The molecule has 0 nitrogen and oxygen atoms in total. The topological polar surface area (TPSA) is 0 Å². The van der Waals surface area contributed by atoms with Gasteiger partial charge in [-0.15, -0.1) is 0 Å². The van der Waals surface area contributed by atoms with Crippen LogP contribution in [0.3, 0.4) is 0 Å². The SMILES string of the molecule is Fc1ccc(CC(CBr)Cc2ccccc2Br)cc1Cl. The van der Waals surface area contributed by atoms with Crippen LogP contribution >= 0.6 is 43.5 Å². The lowest BCUT2D eigenvalue weighted by atomic mass is 9.94. The van der Waals surface area contributed by atoms with Crippen LogP contribution in [0.1, 0.15) is 11.1 Å². The maximum absolute atomic E-state index is 13.2. The molecule has 20 heavy (non-hydrogen) atoms. The van der Waals surface area contributed by atoms with E-state index in [0.29, 0.717) is 5.92 Å². The van der Waals surface area contributed by atoms with Crippen LogP contribution in [0, 0.1) is 11.7 Å². The van der Waals surface area contributed by atoms with Crippen molar-refractivity contribution in [1.29, 1.82) is 0 Å². The molecule has 4 heteroatoms. The van der Waals surface area contributed by atoms with Crippen molar-refractivity contribution in [3.8, 4) is 0 Å². The van der Waals surface area contributed by atoms with Crippen molar-refractivity contribution >= 4 is 43.5 Å². The van der Waals surface area contributed by atoms with Crippen LogP contribution in [0.4, 0.5) is 4.39 Å². The molecule has 2 aromatic carbocycles. The number of hydrogen-bond acceptors (Lipinski definition) is 0. The highest BCUT2D eigenvalue weighted by Gasteiger charge is 2.12. The predicted molar refractivity (Wildman–Crippen MR) is 90.2 cm³/mol. The maximum atomic E-state index is 13.2. The zero-order valence-corrected chi connectivity index (χ0v) is 14.7. The highest BCUT2D eigenvalue weighted by atomic mass is 79.9. The molecule has 0 aromatic heterocycles. The molecule has 106 valence electrons. The summed E-state index contributed by atoms with van der Waals surface area (Å²) < 4.78 is 14.3. The molecule has 0 spiro atoms. The van der Waals surface area contributed by atoms with E-state index in [0.717, 1.165) is 28.2 Å². The molecule has 0 fully saturated rings. The quantitative estimate of drug-likeness (QED) is 0.518. The summed E-state index contributed by atoms with van der Waals surface area (Å²) in [5.74, 6) is 0.0758. The summed E-state index contributed by atoms with van der Waals surface area (Å²) in [5.41, 5.74) is 2.35. The van der Waals surface area contributed by atoms with E-state index < -0.39 is 0 Å². The van der Waals surface area contributed by atoms with E-state index in [-0.39, 0.29) is 10.8 Å². The van der Waals surface area contributed by atoms with Gasteiger partial charge >= 0.3 is 0 Å². The van der Waals surface area contributed by atoms with Crippen LogP contribution in [0.5, 0.6) is 0 Å². The smallest absolute Gasteiger partial charge is 0.141 e. The fraction of sp³-hybridized carbons (Fsp3) is 0.250. The fourth-order valence-corrected chi connectivity index (χ4v) is 3.26. The van der Waals surface area contributed by atoms with Gasteiger partial charge in [-0.1, -0.05) is 67.7 Å². The Morgan fingerprint density at radius 2 is 1.85 bits per heavy atom. The zero-order chi connectivity index (χ0) is 14.5. The highest BCUT2D eigenvalue weighted by Crippen LogP contribution is 2.24. The van der Waals surface area contributed by atoms with Crippen LogP contribution in [-0.2, 0) is 12.8 Å². The Balaban J connectivity index is 2.09. The van der Waals surface area contributed by atoms with Gasteiger partial charge in [-0.2, -0.15) is 0 Å². The second-order valence-electron chi connectivity index (χ2n) is 4.77. The lowest BCUT2D eigenvalue weighted by Gasteiger charge is -2.15. The maximum Gasteiger partial charge on any atom is 0.141 e. The van der Waals surface area contributed by atoms with Crippen LogP contribution in [-0.4, -0.2) is 5.33 Å². The standard InChI is InChI=1S/C16H14Br2ClF/c17-10-12(8-13-3-1-2-4-14(13)18)7-11-5-6-16(20)15(19)9-11/h1-6,9,12H,7-8,10H2. The Morgan fingerprint density at radius 1 is 1.10 bits per heavy atom. The van der Waals surface area contributed by atoms with E-state index in [9.17, 15) is 4.39 Å². The molecule has 0 radical (unpaired) electrons. The summed E-state index contributed by atoms with van der Waals surface area (Å²) in [4.78, 5) is 0. The molecule has 0 saturated heterocycles. The van der Waals surface area contributed by atoms with Gasteiger partial charge in [-0.05, 0) is 48.1 Å². The Kier molecular flexibility index (Phi) is 6.06. The van der Waals surface area contributed by atoms with E-state index in [2.05, 4.69) is 44.0 Å². The summed E-state index contributed by atoms with van der Waals surface area (Å²) in [6, 6.07) is 13.2. The molecule has 0 aliphatic carbocycles. The van der Waals surface area contributed by atoms with Gasteiger partial charge in [0.25, 0.3) is 0 Å². The molecule has 0 N–H and O–H groups in total. The summed E-state index contributed by atoms with van der Waals surface area (Å²) in [6.07, 6.45) is 1.83. The third-order valence-electron chi connectivity index (χ3n) is 3.19. The molecule has 2 aromatic rings. The van der Waals surface area contributed by atoms with E-state index in [1.807, 2.05) is 12.1 Å². The summed E-state index contributed by atoms with van der Waals surface area (Å²) in [5, 5.41) is 1.08. The second kappa shape index (κ2) is 7.58. The Hall–Kier alpha value is -0.380. The van der Waals surface area contributed by atoms with Crippen molar-refractivity contribution in [3.05, 3.63) is 68.9 Å². The zero-order valence-electron chi connectivity index (χ0n) is 10.8. The number of hydrogen-bond donors (Lipinski definition) is 0. The van der Waals surface area contributed by atoms with Crippen LogP contribution in [0.15, 0.2) is 46.9 Å². The lowest BCUT2D eigenvalue weighted by Crippen LogP contribution is -2.10. The van der Waals surface area contributed by atoms with Crippen LogP contribution in [0.2, 0.25) is 5.02 Å². The molecule has 0 aliphatic rings. The highest BCUT2D eigenvalue weighted by molar-refractivity contribution is 9.10. The first-order valence-corrected chi connectivity index (χ1v) is 8.62. The van der Waals surface area contributed by atoms with Crippen molar-refractivity contribution in [3.63, 3.8) is 0 Å². The van der Waals surface area contributed by atoms with Gasteiger partial charge in [0.2, 0.25) is 0 Å². The first-order chi connectivity index (χ1) is 9.60. The van der Waals surface area contributed by atoms with Gasteiger partial charge in [-0.25, -0.2) is 4.39 Å². The molecular formula is C16H14Br2ClF. The summed E-state index contributed by atoms with van der Waals surface area (Å²) >= 11 is 13.0. The molecule has 0 amide bonds. The van der Waals surface area contributed by atoms with Gasteiger partial charge in [0.05, 0.1) is 5.02 Å². The molecule has 2 rings (SSSR count). The number of halogens is 4.